The molecule has 3 rings (SSSR count). The number of carboxylic acids is 1. The number of carbonyl (C=O) groups is 1. The van der Waals surface area contributed by atoms with E-state index in [0.29, 0.717) is 45.3 Å². The molecule has 32 heavy (non-hydrogen) atoms. The van der Waals surface area contributed by atoms with Gasteiger partial charge in [0.15, 0.2) is 5.82 Å². The fourth-order valence-electron chi connectivity index (χ4n) is 2.72. The van der Waals surface area contributed by atoms with Crippen LogP contribution >= 0.6 is 43.6 Å². The van der Waals surface area contributed by atoms with Crippen molar-refractivity contribution in [1.29, 1.82) is 0 Å². The third-order valence-corrected chi connectivity index (χ3v) is 6.04. The van der Waals surface area contributed by atoms with Crippen LogP contribution in [0.15, 0.2) is 49.3 Å². The number of nitrogens with one attached hydrogen (secondary N) is 1. The van der Waals surface area contributed by atoms with Gasteiger partial charge in [-0.3, -0.25) is 5.10 Å². The minimum Gasteiger partial charge on any atom is -0.497 e. The molecule has 1 heterocycles. The zero-order valence-corrected chi connectivity index (χ0v) is 21.3. The highest BCUT2D eigenvalue weighted by molar-refractivity contribution is 9.11. The molecule has 0 saturated heterocycles. The van der Waals surface area contributed by atoms with Gasteiger partial charge < -0.3 is 19.3 Å². The Kier molecular flexibility index (Phi) is 8.21. The number of carboxylic acid groups (broad SMARTS) is 1. The zero-order chi connectivity index (χ0) is 23.3. The Labute approximate surface area is 205 Å². The number of ether oxygens (including phenoxy) is 3. The molecule has 8 nitrogen and oxygen atoms in total. The van der Waals surface area contributed by atoms with Crippen LogP contribution in [0.4, 0.5) is 0 Å². The molecule has 0 aliphatic rings. The van der Waals surface area contributed by atoms with Crippen molar-refractivity contribution in [2.45, 2.75) is 12.1 Å². The summed E-state index contributed by atoms with van der Waals surface area (Å²) in [6.07, 6.45) is 1.53. The molecular weight excluding hydrogens is 566 g/mol. The Bertz CT molecular complexity index is 1140. The quantitative estimate of drug-likeness (QED) is 0.246. The van der Waals surface area contributed by atoms with E-state index in [4.69, 9.17) is 14.2 Å². The first-order valence-electron chi connectivity index (χ1n) is 9.25. The number of benzene rings is 2. The monoisotopic (exact) mass is 583 g/mol. The maximum Gasteiger partial charge on any atom is 0.342 e. The molecule has 0 fully saturated rings. The first kappa shape index (κ1) is 24.1. The first-order valence-corrected chi connectivity index (χ1v) is 11.6. The van der Waals surface area contributed by atoms with Gasteiger partial charge in [-0.25, -0.2) is 9.78 Å². The Hall–Kier alpha value is -2.50. The lowest BCUT2D eigenvalue weighted by Crippen LogP contribution is -1.99. The van der Waals surface area contributed by atoms with E-state index < -0.39 is 5.97 Å². The summed E-state index contributed by atoms with van der Waals surface area (Å²) in [4.78, 5) is 16.4. The van der Waals surface area contributed by atoms with Gasteiger partial charge in [-0.15, -0.1) is 5.10 Å². The van der Waals surface area contributed by atoms with E-state index in [9.17, 15) is 9.90 Å². The van der Waals surface area contributed by atoms with E-state index in [1.54, 1.807) is 38.5 Å². The van der Waals surface area contributed by atoms with Crippen molar-refractivity contribution < 1.29 is 24.1 Å². The Morgan fingerprint density at radius 1 is 1.16 bits per heavy atom. The van der Waals surface area contributed by atoms with Gasteiger partial charge in [0.25, 0.3) is 0 Å². The predicted octanol–water partition coefficient (Wildman–Crippen LogP) is 5.63. The minimum absolute atomic E-state index is 0.0322. The van der Waals surface area contributed by atoms with Crippen molar-refractivity contribution >= 4 is 55.7 Å². The first-order chi connectivity index (χ1) is 15.3. The Morgan fingerprint density at radius 2 is 1.84 bits per heavy atom. The third kappa shape index (κ3) is 5.84. The lowest BCUT2D eigenvalue weighted by molar-refractivity contribution is -0.131. The van der Waals surface area contributed by atoms with Crippen molar-refractivity contribution in [3.05, 3.63) is 49.7 Å². The van der Waals surface area contributed by atoms with E-state index in [1.165, 1.54) is 6.08 Å². The number of H-pyrrole nitrogens is 1. The number of rotatable bonds is 9. The largest absolute Gasteiger partial charge is 0.497 e. The number of halogens is 2. The maximum absolute atomic E-state index is 11.9. The van der Waals surface area contributed by atoms with Gasteiger partial charge >= 0.3 is 5.97 Å². The number of aromatic nitrogens is 3. The molecule has 0 unspecified atom stereocenters. The summed E-state index contributed by atoms with van der Waals surface area (Å²) in [6, 6.07) is 8.91. The summed E-state index contributed by atoms with van der Waals surface area (Å²) in [5.74, 6) is 1.09. The Balaban J connectivity index is 1.94. The van der Waals surface area contributed by atoms with Gasteiger partial charge in [-0.05, 0) is 65.0 Å². The fraction of sp³-hybridized carbons (Fsp3) is 0.190. The van der Waals surface area contributed by atoms with Crippen molar-refractivity contribution in [2.24, 2.45) is 0 Å². The van der Waals surface area contributed by atoms with Gasteiger partial charge in [-0.2, -0.15) is 0 Å². The summed E-state index contributed by atoms with van der Waals surface area (Å²) >= 11 is 7.81. The summed E-state index contributed by atoms with van der Waals surface area (Å²) in [5, 5.41) is 17.0. The van der Waals surface area contributed by atoms with Gasteiger partial charge in [-0.1, -0.05) is 15.9 Å². The maximum atomic E-state index is 11.9. The molecule has 0 radical (unpaired) electrons. The highest BCUT2D eigenvalue weighted by Gasteiger charge is 2.17. The highest BCUT2D eigenvalue weighted by Crippen LogP contribution is 2.37. The van der Waals surface area contributed by atoms with Crippen LogP contribution in [0.3, 0.4) is 0 Å². The van der Waals surface area contributed by atoms with E-state index in [1.807, 2.05) is 13.0 Å². The molecule has 0 spiro atoms. The van der Waals surface area contributed by atoms with Crippen molar-refractivity contribution in [2.75, 3.05) is 20.8 Å². The number of hydrogen-bond donors (Lipinski definition) is 2. The van der Waals surface area contributed by atoms with Crippen molar-refractivity contribution in [3.8, 4) is 28.6 Å². The number of hydrogen-bond acceptors (Lipinski definition) is 7. The predicted molar refractivity (Wildman–Crippen MR) is 129 cm³/mol. The average molecular weight is 585 g/mol. The molecule has 0 atom stereocenters. The Morgan fingerprint density at radius 3 is 2.44 bits per heavy atom. The fourth-order valence-corrected chi connectivity index (χ4v) is 4.79. The van der Waals surface area contributed by atoms with Gasteiger partial charge in [0.1, 0.15) is 22.2 Å². The molecule has 2 N–H and O–H groups in total. The van der Waals surface area contributed by atoms with E-state index in [0.717, 1.165) is 16.2 Å². The van der Waals surface area contributed by atoms with Crippen LogP contribution < -0.4 is 14.2 Å². The number of methoxy groups -OCH3 is 2. The van der Waals surface area contributed by atoms with Crippen LogP contribution in [-0.2, 0) is 4.79 Å². The second-order valence-corrected chi connectivity index (χ2v) is 9.00. The molecule has 0 amide bonds. The number of thioether (sulfide) groups is 1. The molecule has 0 aliphatic carbocycles. The molecule has 11 heteroatoms. The van der Waals surface area contributed by atoms with Gasteiger partial charge in [0.2, 0.25) is 5.16 Å². The summed E-state index contributed by atoms with van der Waals surface area (Å²) in [5.41, 5.74) is 1.29. The van der Waals surface area contributed by atoms with Gasteiger partial charge in [0, 0.05) is 21.7 Å². The molecule has 0 bridgehead atoms. The molecule has 0 aliphatic heterocycles. The van der Waals surface area contributed by atoms with Crippen LogP contribution in [0, 0.1) is 0 Å². The molecule has 1 aromatic heterocycles. The van der Waals surface area contributed by atoms with Crippen molar-refractivity contribution in [1.82, 2.24) is 15.2 Å². The molecular formula is C21H19Br2N3O5S. The summed E-state index contributed by atoms with van der Waals surface area (Å²) in [6.45, 7) is 2.29. The van der Waals surface area contributed by atoms with E-state index >= 15 is 0 Å². The SMILES string of the molecule is CCOc1c(Br)cc(Br)cc1/C=C(\Sc1n[nH]c(-c2cc(OC)cc(OC)c2)n1)C(=O)O. The second-order valence-electron chi connectivity index (χ2n) is 6.22. The average Bonchev–Trinajstić information content (AvgIpc) is 3.23. The zero-order valence-electron chi connectivity index (χ0n) is 17.3. The van der Waals surface area contributed by atoms with Crippen LogP contribution in [0.2, 0.25) is 0 Å². The lowest BCUT2D eigenvalue weighted by atomic mass is 10.2. The standard InChI is InChI=1S/C21H19Br2N3O5S/c1-4-31-18-11(5-13(22)9-16(18)23)8-17(20(27)28)32-21-24-19(25-26-21)12-6-14(29-2)10-15(7-12)30-3/h5-10H,4H2,1-3H3,(H,27,28)(H,24,25,26)/b17-8-. The van der Waals surface area contributed by atoms with Crippen molar-refractivity contribution in [3.63, 3.8) is 0 Å². The third-order valence-electron chi connectivity index (χ3n) is 4.11. The van der Waals surface area contributed by atoms with Gasteiger partial charge in [0.05, 0.1) is 25.3 Å². The van der Waals surface area contributed by atoms with Crippen LogP contribution in [0.5, 0.6) is 17.2 Å². The minimum atomic E-state index is -1.11. The van der Waals surface area contributed by atoms with E-state index in [-0.39, 0.29) is 10.1 Å². The second kappa shape index (κ2) is 10.9. The number of aromatic amines is 1. The molecule has 0 saturated carbocycles. The number of nitrogens with zero attached hydrogens (tertiary/aromatic N) is 2. The smallest absolute Gasteiger partial charge is 0.342 e. The number of aliphatic carboxylic acids is 1. The normalized spacial score (nSPS) is 11.3. The summed E-state index contributed by atoms with van der Waals surface area (Å²) in [7, 11) is 3.11. The lowest BCUT2D eigenvalue weighted by Gasteiger charge is -2.11. The summed E-state index contributed by atoms with van der Waals surface area (Å²) < 4.78 is 17.7. The molecule has 168 valence electrons. The molecule has 3 aromatic rings. The van der Waals surface area contributed by atoms with Crippen LogP contribution in [0.25, 0.3) is 17.5 Å². The molecule has 2 aromatic carbocycles. The van der Waals surface area contributed by atoms with E-state index in [2.05, 4.69) is 47.0 Å². The topological polar surface area (TPSA) is 107 Å². The van der Waals surface area contributed by atoms with Crippen LogP contribution in [0.1, 0.15) is 12.5 Å². The highest BCUT2D eigenvalue weighted by atomic mass is 79.9. The van der Waals surface area contributed by atoms with Crippen LogP contribution in [-0.4, -0.2) is 47.1 Å².